The van der Waals surface area contributed by atoms with Gasteiger partial charge in [-0.15, -0.1) is 0 Å². The average Bonchev–Trinajstić information content (AvgIpc) is 3.37. The number of carbonyl (C=O) groups is 2. The van der Waals surface area contributed by atoms with Gasteiger partial charge in [-0.25, -0.2) is 14.2 Å². The summed E-state index contributed by atoms with van der Waals surface area (Å²) in [5, 5.41) is 12.3. The Kier molecular flexibility index (Phi) is 9.25. The Labute approximate surface area is 250 Å². The second-order valence-electron chi connectivity index (χ2n) is 10.7. The third kappa shape index (κ3) is 6.64. The van der Waals surface area contributed by atoms with E-state index in [2.05, 4.69) is 24.1 Å². The van der Waals surface area contributed by atoms with Gasteiger partial charge in [0.2, 0.25) is 5.91 Å². The summed E-state index contributed by atoms with van der Waals surface area (Å²) in [5.74, 6) is -0.877. The largest absolute Gasteiger partial charge is 0.489 e. The maximum absolute atomic E-state index is 15.8. The molecule has 2 heterocycles. The maximum Gasteiger partial charge on any atom is 0.335 e. The Morgan fingerprint density at radius 1 is 1.09 bits per heavy atom. The first-order chi connectivity index (χ1) is 20.8. The van der Waals surface area contributed by atoms with E-state index in [-0.39, 0.29) is 24.1 Å². The number of ether oxygens (including phenoxy) is 2. The molecular weight excluding hydrogens is 551 g/mol. The summed E-state index contributed by atoms with van der Waals surface area (Å²) in [5.41, 5.74) is 4.23. The number of anilines is 2. The third-order valence-electron chi connectivity index (χ3n) is 7.72. The SMILES string of the molecule is CCCC(CC)n1c(-c2ccc(OCc3cc(NC(C)=O)ccc3N3CCOCC3)cc2F)nc2cc(C(=O)O)ccc21. The number of hydrogen-bond acceptors (Lipinski definition) is 6. The van der Waals surface area contributed by atoms with E-state index in [1.54, 1.807) is 24.3 Å². The molecule has 1 aliphatic rings. The summed E-state index contributed by atoms with van der Waals surface area (Å²) in [6.45, 7) is 8.54. The highest BCUT2D eigenvalue weighted by Gasteiger charge is 2.23. The number of imidazole rings is 1. The number of nitrogens with one attached hydrogen (secondary N) is 1. The number of halogens is 1. The number of morpholine rings is 1. The molecule has 0 aliphatic carbocycles. The van der Waals surface area contributed by atoms with E-state index >= 15 is 4.39 Å². The molecule has 0 radical (unpaired) electrons. The molecule has 226 valence electrons. The molecule has 1 fully saturated rings. The highest BCUT2D eigenvalue weighted by atomic mass is 19.1. The molecule has 0 bridgehead atoms. The van der Waals surface area contributed by atoms with Gasteiger partial charge in [-0.3, -0.25) is 4.79 Å². The second-order valence-corrected chi connectivity index (χ2v) is 10.7. The number of carbonyl (C=O) groups excluding carboxylic acids is 1. The van der Waals surface area contributed by atoms with Gasteiger partial charge in [0.15, 0.2) is 0 Å². The Hall–Kier alpha value is -4.44. The maximum atomic E-state index is 15.8. The van der Waals surface area contributed by atoms with Crippen molar-refractivity contribution in [1.29, 1.82) is 0 Å². The molecule has 1 aliphatic heterocycles. The van der Waals surface area contributed by atoms with E-state index in [1.807, 2.05) is 22.8 Å². The van der Waals surface area contributed by atoms with Crippen LogP contribution in [0.15, 0.2) is 54.6 Å². The number of aromatic carboxylic acids is 1. The van der Waals surface area contributed by atoms with Gasteiger partial charge in [0.25, 0.3) is 0 Å². The molecule has 2 N–H and O–H groups in total. The minimum absolute atomic E-state index is 0.0745. The summed E-state index contributed by atoms with van der Waals surface area (Å²) < 4.78 is 29.4. The van der Waals surface area contributed by atoms with Gasteiger partial charge in [-0.05, 0) is 61.4 Å². The van der Waals surface area contributed by atoms with Crippen LogP contribution >= 0.6 is 0 Å². The third-order valence-corrected chi connectivity index (χ3v) is 7.72. The normalized spacial score (nSPS) is 14.1. The van der Waals surface area contributed by atoms with E-state index in [4.69, 9.17) is 14.5 Å². The number of aromatic nitrogens is 2. The molecule has 5 rings (SSSR count). The standard InChI is InChI=1S/C33H37FN4O5/c1-4-6-25(5-2)38-31-11-7-22(33(40)41)18-29(31)36-32(38)27-10-9-26(19-28(27)34)43-20-23-17-24(35-21(3)39)8-12-30(23)37-13-15-42-16-14-37/h7-12,17-19,25H,4-6,13-16,20H2,1-3H3,(H,35,39)(H,40,41). The summed E-state index contributed by atoms with van der Waals surface area (Å²) in [6.07, 6.45) is 2.63. The zero-order valence-corrected chi connectivity index (χ0v) is 24.7. The van der Waals surface area contributed by atoms with Crippen molar-refractivity contribution in [3.63, 3.8) is 0 Å². The minimum atomic E-state index is -1.04. The van der Waals surface area contributed by atoms with E-state index in [1.165, 1.54) is 19.1 Å². The van der Waals surface area contributed by atoms with Gasteiger partial charge >= 0.3 is 5.97 Å². The molecule has 1 saturated heterocycles. The molecule has 10 heteroatoms. The monoisotopic (exact) mass is 588 g/mol. The number of hydrogen-bond donors (Lipinski definition) is 2. The van der Waals surface area contributed by atoms with Gasteiger partial charge in [-0.2, -0.15) is 0 Å². The van der Waals surface area contributed by atoms with E-state index < -0.39 is 11.8 Å². The Balaban J connectivity index is 1.46. The van der Waals surface area contributed by atoms with Crippen LogP contribution in [0.2, 0.25) is 0 Å². The Morgan fingerprint density at radius 2 is 1.88 bits per heavy atom. The van der Waals surface area contributed by atoms with Crippen molar-refractivity contribution in [1.82, 2.24) is 9.55 Å². The van der Waals surface area contributed by atoms with Crippen molar-refractivity contribution in [2.45, 2.75) is 52.7 Å². The second kappa shape index (κ2) is 13.2. The zero-order valence-electron chi connectivity index (χ0n) is 24.7. The van der Waals surface area contributed by atoms with Crippen molar-refractivity contribution in [2.24, 2.45) is 0 Å². The molecule has 1 aromatic heterocycles. The van der Waals surface area contributed by atoms with Crippen LogP contribution in [0.4, 0.5) is 15.8 Å². The smallest absolute Gasteiger partial charge is 0.335 e. The predicted molar refractivity (Wildman–Crippen MR) is 164 cm³/mol. The molecule has 1 atom stereocenters. The minimum Gasteiger partial charge on any atom is -0.489 e. The lowest BCUT2D eigenvalue weighted by Gasteiger charge is -2.31. The number of amides is 1. The van der Waals surface area contributed by atoms with Gasteiger partial charge in [0.1, 0.15) is 24.0 Å². The lowest BCUT2D eigenvalue weighted by atomic mass is 10.1. The fraction of sp³-hybridized carbons (Fsp3) is 0.364. The number of nitrogens with zero attached hydrogens (tertiary/aromatic N) is 3. The summed E-state index contributed by atoms with van der Waals surface area (Å²) in [6, 6.07) is 15.4. The summed E-state index contributed by atoms with van der Waals surface area (Å²) in [4.78, 5) is 30.2. The first-order valence-electron chi connectivity index (χ1n) is 14.7. The van der Waals surface area contributed by atoms with E-state index in [0.717, 1.165) is 49.1 Å². The highest BCUT2D eigenvalue weighted by molar-refractivity contribution is 5.93. The lowest BCUT2D eigenvalue weighted by Crippen LogP contribution is -2.36. The molecule has 1 amide bonds. The van der Waals surface area contributed by atoms with Crippen molar-refractivity contribution >= 4 is 34.3 Å². The number of rotatable bonds is 11. The summed E-state index contributed by atoms with van der Waals surface area (Å²) >= 11 is 0. The summed E-state index contributed by atoms with van der Waals surface area (Å²) in [7, 11) is 0. The fourth-order valence-electron chi connectivity index (χ4n) is 5.66. The number of fused-ring (bicyclic) bond motifs is 1. The van der Waals surface area contributed by atoms with Crippen LogP contribution in [0.3, 0.4) is 0 Å². The molecule has 1 unspecified atom stereocenters. The topological polar surface area (TPSA) is 106 Å². The van der Waals surface area contributed by atoms with Gasteiger partial charge < -0.3 is 29.4 Å². The van der Waals surface area contributed by atoms with Crippen LogP contribution in [-0.2, 0) is 16.1 Å². The number of benzene rings is 3. The van der Waals surface area contributed by atoms with Gasteiger partial charge in [0.05, 0.1) is 35.4 Å². The van der Waals surface area contributed by atoms with E-state index in [0.29, 0.717) is 41.6 Å². The molecular formula is C33H37FN4O5. The van der Waals surface area contributed by atoms with Gasteiger partial charge in [0, 0.05) is 49.1 Å². The van der Waals surface area contributed by atoms with Crippen LogP contribution in [0.1, 0.15) is 62.0 Å². The molecule has 3 aromatic carbocycles. The van der Waals surface area contributed by atoms with Crippen LogP contribution in [0, 0.1) is 5.82 Å². The van der Waals surface area contributed by atoms with E-state index in [9.17, 15) is 14.7 Å². The Morgan fingerprint density at radius 3 is 2.56 bits per heavy atom. The fourth-order valence-corrected chi connectivity index (χ4v) is 5.66. The molecule has 9 nitrogen and oxygen atoms in total. The van der Waals surface area contributed by atoms with Crippen molar-refractivity contribution in [2.75, 3.05) is 36.5 Å². The van der Waals surface area contributed by atoms with Crippen LogP contribution in [-0.4, -0.2) is 52.8 Å². The van der Waals surface area contributed by atoms with Crippen LogP contribution < -0.4 is 15.0 Å². The van der Waals surface area contributed by atoms with Crippen molar-refractivity contribution in [3.8, 4) is 17.1 Å². The number of carboxylic acids is 1. The molecule has 4 aromatic rings. The van der Waals surface area contributed by atoms with Crippen molar-refractivity contribution < 1.29 is 28.6 Å². The lowest BCUT2D eigenvalue weighted by molar-refractivity contribution is -0.114. The van der Waals surface area contributed by atoms with Gasteiger partial charge in [-0.1, -0.05) is 20.3 Å². The van der Waals surface area contributed by atoms with Crippen LogP contribution in [0.5, 0.6) is 5.75 Å². The molecule has 0 spiro atoms. The quantitative estimate of drug-likeness (QED) is 0.202. The van der Waals surface area contributed by atoms with Crippen molar-refractivity contribution in [3.05, 3.63) is 71.5 Å². The highest BCUT2D eigenvalue weighted by Crippen LogP contribution is 2.35. The zero-order chi connectivity index (χ0) is 30.5. The van der Waals surface area contributed by atoms with Crippen LogP contribution in [0.25, 0.3) is 22.4 Å². The molecule has 0 saturated carbocycles. The molecule has 43 heavy (non-hydrogen) atoms. The Bertz CT molecular complexity index is 1630. The first kappa shape index (κ1) is 30.0. The predicted octanol–water partition coefficient (Wildman–Crippen LogP) is 6.67. The average molecular weight is 589 g/mol. The number of carboxylic acid groups (broad SMARTS) is 1. The first-order valence-corrected chi connectivity index (χ1v) is 14.7.